The van der Waals surface area contributed by atoms with Gasteiger partial charge in [0.1, 0.15) is 5.78 Å². The van der Waals surface area contributed by atoms with Crippen molar-refractivity contribution in [3.63, 3.8) is 0 Å². The lowest BCUT2D eigenvalue weighted by molar-refractivity contribution is -0.197. The van der Waals surface area contributed by atoms with E-state index in [9.17, 15) is 19.2 Å². The first-order valence-electron chi connectivity index (χ1n) is 7.13. The summed E-state index contributed by atoms with van der Waals surface area (Å²) in [7, 11) is 0. The van der Waals surface area contributed by atoms with Gasteiger partial charge in [-0.05, 0) is 12.8 Å². The molecule has 0 aromatic rings. The number of nitrogens with zero attached hydrogens (tertiary/aromatic N) is 1. The minimum Gasteiger partial charge on any atom is -0.330 e. The maximum Gasteiger partial charge on any atom is 0.333 e. The Morgan fingerprint density at radius 1 is 1.00 bits per heavy atom. The summed E-state index contributed by atoms with van der Waals surface area (Å²) in [5.74, 6) is -1.21. The minimum absolute atomic E-state index is 0.109. The van der Waals surface area contributed by atoms with Gasteiger partial charge < -0.3 is 4.84 Å². The highest BCUT2D eigenvalue weighted by molar-refractivity contribution is 6.01. The van der Waals surface area contributed by atoms with E-state index in [0.717, 1.165) is 19.3 Å². The van der Waals surface area contributed by atoms with Gasteiger partial charge in [-0.15, -0.1) is 5.06 Å². The number of carbonyl (C=O) groups excluding carboxylic acids is 4. The average Bonchev–Trinajstić information content (AvgIpc) is 2.74. The predicted octanol–water partition coefficient (Wildman–Crippen LogP) is 1.91. The first-order valence-corrected chi connectivity index (χ1v) is 7.13. The van der Waals surface area contributed by atoms with Crippen LogP contribution in [0.1, 0.15) is 64.7 Å². The predicted molar refractivity (Wildman–Crippen MR) is 70.2 cm³/mol. The molecule has 0 unspecified atom stereocenters. The van der Waals surface area contributed by atoms with Crippen LogP contribution in [0.5, 0.6) is 0 Å². The van der Waals surface area contributed by atoms with Gasteiger partial charge in [-0.3, -0.25) is 14.4 Å². The van der Waals surface area contributed by atoms with Crippen molar-refractivity contribution in [2.75, 3.05) is 0 Å². The summed E-state index contributed by atoms with van der Waals surface area (Å²) in [5.41, 5.74) is 0. The summed E-state index contributed by atoms with van der Waals surface area (Å²) < 4.78 is 0. The lowest BCUT2D eigenvalue weighted by atomic mass is 10.1. The topological polar surface area (TPSA) is 80.8 Å². The largest absolute Gasteiger partial charge is 0.333 e. The van der Waals surface area contributed by atoms with Crippen LogP contribution in [0.4, 0.5) is 0 Å². The molecule has 0 bridgehead atoms. The molecule has 1 aliphatic heterocycles. The minimum atomic E-state index is -0.557. The number of carbonyl (C=O) groups is 4. The molecule has 0 spiro atoms. The van der Waals surface area contributed by atoms with E-state index in [0.29, 0.717) is 24.3 Å². The van der Waals surface area contributed by atoms with Crippen LogP contribution in [-0.2, 0) is 24.0 Å². The Morgan fingerprint density at radius 3 is 2.10 bits per heavy atom. The van der Waals surface area contributed by atoms with Gasteiger partial charge in [0.25, 0.3) is 11.8 Å². The first-order chi connectivity index (χ1) is 9.54. The normalized spacial score (nSPS) is 14.8. The Labute approximate surface area is 118 Å². The summed E-state index contributed by atoms with van der Waals surface area (Å²) in [6.07, 6.45) is 4.75. The number of amides is 2. The molecule has 1 aliphatic rings. The molecule has 0 aliphatic carbocycles. The van der Waals surface area contributed by atoms with Crippen molar-refractivity contribution in [2.45, 2.75) is 64.7 Å². The van der Waals surface area contributed by atoms with Gasteiger partial charge in [0.2, 0.25) is 0 Å². The van der Waals surface area contributed by atoms with Gasteiger partial charge in [0.15, 0.2) is 0 Å². The van der Waals surface area contributed by atoms with Crippen LogP contribution >= 0.6 is 0 Å². The highest BCUT2D eigenvalue weighted by Crippen LogP contribution is 2.14. The molecular weight excluding hydrogens is 262 g/mol. The van der Waals surface area contributed by atoms with Gasteiger partial charge in [0, 0.05) is 32.1 Å². The highest BCUT2D eigenvalue weighted by atomic mass is 16.7. The van der Waals surface area contributed by atoms with E-state index in [1.54, 1.807) is 0 Å². The van der Waals surface area contributed by atoms with Gasteiger partial charge in [-0.2, -0.15) is 0 Å². The van der Waals surface area contributed by atoms with E-state index >= 15 is 0 Å². The number of hydrogen-bond acceptors (Lipinski definition) is 5. The molecule has 2 amide bonds. The number of hydroxylamine groups is 2. The van der Waals surface area contributed by atoms with Crippen molar-refractivity contribution in [3.8, 4) is 0 Å². The third-order valence-corrected chi connectivity index (χ3v) is 3.18. The van der Waals surface area contributed by atoms with E-state index in [4.69, 9.17) is 4.84 Å². The molecule has 0 aromatic heterocycles. The van der Waals surface area contributed by atoms with Crippen LogP contribution in [-0.4, -0.2) is 28.6 Å². The Hall–Kier alpha value is -1.72. The monoisotopic (exact) mass is 283 g/mol. The molecule has 0 aromatic carbocycles. The zero-order valence-corrected chi connectivity index (χ0v) is 11.9. The first kappa shape index (κ1) is 16.3. The van der Waals surface area contributed by atoms with Crippen molar-refractivity contribution in [1.29, 1.82) is 0 Å². The van der Waals surface area contributed by atoms with Gasteiger partial charge in [0.05, 0.1) is 0 Å². The maximum absolute atomic E-state index is 11.5. The third-order valence-electron chi connectivity index (χ3n) is 3.18. The number of hydrogen-bond donors (Lipinski definition) is 0. The molecule has 0 N–H and O–H groups in total. The Bertz CT molecular complexity index is 375. The zero-order valence-electron chi connectivity index (χ0n) is 11.9. The fourth-order valence-corrected chi connectivity index (χ4v) is 1.93. The summed E-state index contributed by atoms with van der Waals surface area (Å²) in [6.45, 7) is 1.85. The average molecular weight is 283 g/mol. The molecule has 0 saturated carbocycles. The summed E-state index contributed by atoms with van der Waals surface area (Å²) in [6, 6.07) is 0. The van der Waals surface area contributed by atoms with Crippen molar-refractivity contribution < 1.29 is 24.0 Å². The molecule has 1 saturated heterocycles. The van der Waals surface area contributed by atoms with Gasteiger partial charge in [-0.1, -0.05) is 19.8 Å². The zero-order chi connectivity index (χ0) is 15.0. The summed E-state index contributed by atoms with van der Waals surface area (Å²) in [4.78, 5) is 49.7. The molecule has 1 rings (SSSR count). The molecule has 0 radical (unpaired) electrons. The van der Waals surface area contributed by atoms with E-state index in [-0.39, 0.29) is 25.0 Å². The van der Waals surface area contributed by atoms with Crippen LogP contribution in [0.2, 0.25) is 0 Å². The van der Waals surface area contributed by atoms with Crippen LogP contribution in [0, 0.1) is 0 Å². The summed E-state index contributed by atoms with van der Waals surface area (Å²) in [5, 5.41) is 0.572. The van der Waals surface area contributed by atoms with Crippen molar-refractivity contribution in [1.82, 2.24) is 5.06 Å². The Kier molecular flexibility index (Phi) is 6.90. The van der Waals surface area contributed by atoms with E-state index in [1.165, 1.54) is 0 Å². The second-order valence-electron chi connectivity index (χ2n) is 4.85. The molecule has 1 heterocycles. The molecule has 1 fully saturated rings. The molecule has 6 heteroatoms. The maximum atomic E-state index is 11.5. The fraction of sp³-hybridized carbons (Fsp3) is 0.714. The molecule has 6 nitrogen and oxygen atoms in total. The number of ketones is 1. The fourth-order valence-electron chi connectivity index (χ4n) is 1.93. The SMILES string of the molecule is CCC(=O)CCCCCCC(=O)ON1C(=O)CCC1=O. The summed E-state index contributed by atoms with van der Waals surface area (Å²) >= 11 is 0. The van der Waals surface area contributed by atoms with E-state index < -0.39 is 17.8 Å². The molecule has 0 atom stereocenters. The van der Waals surface area contributed by atoms with E-state index in [2.05, 4.69) is 0 Å². The van der Waals surface area contributed by atoms with Crippen LogP contribution in [0.3, 0.4) is 0 Å². The standard InChI is InChI=1S/C14H21NO5/c1-2-11(16)7-5-3-4-6-8-14(19)20-15-12(17)9-10-13(15)18/h2-10H2,1H3. The van der Waals surface area contributed by atoms with Crippen LogP contribution < -0.4 is 0 Å². The highest BCUT2D eigenvalue weighted by Gasteiger charge is 2.32. The second kappa shape index (κ2) is 8.45. The second-order valence-corrected chi connectivity index (χ2v) is 4.85. The van der Waals surface area contributed by atoms with Crippen molar-refractivity contribution in [3.05, 3.63) is 0 Å². The van der Waals surface area contributed by atoms with Crippen molar-refractivity contribution in [2.24, 2.45) is 0 Å². The molecular formula is C14H21NO5. The quantitative estimate of drug-likeness (QED) is 0.477. The van der Waals surface area contributed by atoms with Crippen molar-refractivity contribution >= 4 is 23.6 Å². The number of imide groups is 1. The number of unbranched alkanes of at least 4 members (excludes halogenated alkanes) is 3. The van der Waals surface area contributed by atoms with Gasteiger partial charge >= 0.3 is 5.97 Å². The van der Waals surface area contributed by atoms with Crippen LogP contribution in [0.25, 0.3) is 0 Å². The number of Topliss-reactive ketones (excluding diaryl/α,β-unsaturated/α-hetero) is 1. The molecule has 20 heavy (non-hydrogen) atoms. The lowest BCUT2D eigenvalue weighted by Crippen LogP contribution is -2.31. The van der Waals surface area contributed by atoms with Gasteiger partial charge in [-0.25, -0.2) is 4.79 Å². The number of rotatable bonds is 9. The smallest absolute Gasteiger partial charge is 0.330 e. The van der Waals surface area contributed by atoms with Crippen LogP contribution in [0.15, 0.2) is 0 Å². The molecule has 112 valence electrons. The Morgan fingerprint density at radius 2 is 1.55 bits per heavy atom. The third kappa shape index (κ3) is 5.50. The Balaban J connectivity index is 2.07. The lowest BCUT2D eigenvalue weighted by Gasteiger charge is -2.12. The van der Waals surface area contributed by atoms with E-state index in [1.807, 2.05) is 6.92 Å².